The Balaban J connectivity index is 1.43. The number of fused-ring (bicyclic) bond motifs is 1. The van der Waals surface area contributed by atoms with E-state index in [0.717, 1.165) is 36.2 Å². The molecule has 0 bridgehead atoms. The maximum Gasteiger partial charge on any atom is 0.243 e. The number of aliphatic hydroxyl groups is 1. The van der Waals surface area contributed by atoms with Gasteiger partial charge in [0.1, 0.15) is 11.6 Å². The summed E-state index contributed by atoms with van der Waals surface area (Å²) in [4.78, 5) is 2.27. The summed E-state index contributed by atoms with van der Waals surface area (Å²) >= 11 is 0. The summed E-state index contributed by atoms with van der Waals surface area (Å²) in [7, 11) is -3.78. The van der Waals surface area contributed by atoms with Crippen molar-refractivity contribution in [2.45, 2.75) is 35.7 Å². The van der Waals surface area contributed by atoms with E-state index >= 15 is 0 Å². The average molecular weight is 499 g/mol. The van der Waals surface area contributed by atoms with Crippen molar-refractivity contribution in [1.29, 1.82) is 0 Å². The molecule has 2 saturated heterocycles. The van der Waals surface area contributed by atoms with E-state index in [2.05, 4.69) is 4.90 Å². The molecule has 5 rings (SSSR count). The van der Waals surface area contributed by atoms with Gasteiger partial charge in [0.25, 0.3) is 0 Å². The Morgan fingerprint density at radius 2 is 1.57 bits per heavy atom. The summed E-state index contributed by atoms with van der Waals surface area (Å²) in [6.45, 7) is 1.45. The van der Waals surface area contributed by atoms with Crippen molar-refractivity contribution < 1.29 is 22.3 Å². The Morgan fingerprint density at radius 1 is 0.886 bits per heavy atom. The van der Waals surface area contributed by atoms with Gasteiger partial charge in [-0.3, -0.25) is 4.90 Å². The summed E-state index contributed by atoms with van der Waals surface area (Å²) in [5.41, 5.74) is 2.28. The van der Waals surface area contributed by atoms with Crippen LogP contribution in [0.4, 0.5) is 8.78 Å². The first-order chi connectivity index (χ1) is 16.9. The third-order valence-electron chi connectivity index (χ3n) is 7.26. The fourth-order valence-corrected chi connectivity index (χ4v) is 6.96. The quantitative estimate of drug-likeness (QED) is 0.572. The van der Waals surface area contributed by atoms with Gasteiger partial charge < -0.3 is 5.11 Å². The number of aliphatic hydroxyl groups excluding tert-OH is 1. The normalized spacial score (nSPS) is 23.7. The van der Waals surface area contributed by atoms with Crippen molar-refractivity contribution in [3.63, 3.8) is 0 Å². The molecule has 35 heavy (non-hydrogen) atoms. The van der Waals surface area contributed by atoms with Crippen LogP contribution in [0, 0.1) is 11.6 Å². The van der Waals surface area contributed by atoms with Gasteiger partial charge in [0, 0.05) is 36.7 Å². The molecule has 3 aromatic carbocycles. The van der Waals surface area contributed by atoms with Crippen LogP contribution in [0.15, 0.2) is 77.7 Å². The first-order valence-electron chi connectivity index (χ1n) is 11.9. The molecule has 184 valence electrons. The molecule has 0 amide bonds. The van der Waals surface area contributed by atoms with E-state index in [1.54, 1.807) is 18.2 Å². The minimum atomic E-state index is -3.78. The van der Waals surface area contributed by atoms with Gasteiger partial charge in [0.05, 0.1) is 11.5 Å². The third kappa shape index (κ3) is 4.51. The Bertz CT molecular complexity index is 1280. The number of rotatable bonds is 5. The number of hydrogen-bond acceptors (Lipinski definition) is 4. The summed E-state index contributed by atoms with van der Waals surface area (Å²) in [6.07, 6.45) is 1.53. The number of sulfonamides is 1. The zero-order valence-electron chi connectivity index (χ0n) is 19.2. The maximum atomic E-state index is 14.2. The molecular weight excluding hydrogens is 470 g/mol. The monoisotopic (exact) mass is 498 g/mol. The van der Waals surface area contributed by atoms with E-state index in [4.69, 9.17) is 0 Å². The van der Waals surface area contributed by atoms with Crippen molar-refractivity contribution in [3.8, 4) is 11.1 Å². The summed E-state index contributed by atoms with van der Waals surface area (Å²) in [5, 5.41) is 10.2. The summed E-state index contributed by atoms with van der Waals surface area (Å²) in [6, 6.07) is 19.0. The van der Waals surface area contributed by atoms with Gasteiger partial charge >= 0.3 is 0 Å². The zero-order valence-corrected chi connectivity index (χ0v) is 20.0. The predicted molar refractivity (Wildman–Crippen MR) is 130 cm³/mol. The Hall–Kier alpha value is -2.65. The van der Waals surface area contributed by atoms with Gasteiger partial charge in [-0.2, -0.15) is 4.31 Å². The molecule has 3 atom stereocenters. The second-order valence-corrected chi connectivity index (χ2v) is 11.1. The molecule has 0 aliphatic carbocycles. The van der Waals surface area contributed by atoms with Crippen LogP contribution in [0.3, 0.4) is 0 Å². The van der Waals surface area contributed by atoms with E-state index in [9.17, 15) is 22.3 Å². The lowest BCUT2D eigenvalue weighted by molar-refractivity contribution is -0.0553. The zero-order chi connectivity index (χ0) is 24.6. The van der Waals surface area contributed by atoms with Crippen LogP contribution in [-0.4, -0.2) is 61.1 Å². The highest BCUT2D eigenvalue weighted by Crippen LogP contribution is 2.43. The van der Waals surface area contributed by atoms with Crippen LogP contribution in [0.5, 0.6) is 0 Å². The van der Waals surface area contributed by atoms with Gasteiger partial charge in [-0.05, 0) is 60.8 Å². The standard InChI is InChI=1S/C27H28F2N2O3S/c28-21-11-13-22(14-12-21)35(33,34)30-15-3-4-16-31-25(17-30)27(26(31)18-32)20-9-7-19(8-10-20)23-5-1-2-6-24(23)29/h1-2,5-14,25-27,32H,3-4,15-18H2/t25-,26-,27-/m0/s1. The summed E-state index contributed by atoms with van der Waals surface area (Å²) < 4.78 is 55.8. The van der Waals surface area contributed by atoms with Crippen LogP contribution in [0.25, 0.3) is 11.1 Å². The average Bonchev–Trinajstić information content (AvgIpc) is 2.84. The summed E-state index contributed by atoms with van der Waals surface area (Å²) in [5.74, 6) is -0.824. The molecule has 0 unspecified atom stereocenters. The predicted octanol–water partition coefficient (Wildman–Crippen LogP) is 4.25. The van der Waals surface area contributed by atoms with Gasteiger partial charge in [0.2, 0.25) is 10.0 Å². The number of hydrogen-bond donors (Lipinski definition) is 1. The van der Waals surface area contributed by atoms with Crippen LogP contribution in [-0.2, 0) is 10.0 Å². The second-order valence-electron chi connectivity index (χ2n) is 9.21. The molecule has 2 heterocycles. The van der Waals surface area contributed by atoms with Crippen molar-refractivity contribution in [3.05, 3.63) is 90.0 Å². The lowest BCUT2D eigenvalue weighted by Gasteiger charge is -2.57. The lowest BCUT2D eigenvalue weighted by atomic mass is 9.74. The van der Waals surface area contributed by atoms with E-state index in [1.807, 2.05) is 24.3 Å². The smallest absolute Gasteiger partial charge is 0.243 e. The Morgan fingerprint density at radius 3 is 2.26 bits per heavy atom. The molecule has 0 spiro atoms. The van der Waals surface area contributed by atoms with Gasteiger partial charge in [-0.25, -0.2) is 17.2 Å². The van der Waals surface area contributed by atoms with E-state index in [-0.39, 0.29) is 41.9 Å². The SMILES string of the molecule is O=S(=O)(c1ccc(F)cc1)N1CCCCN2[C@@H](CO)[C@@H](c3ccc(-c4ccccc4F)cc3)[C@@H]2C1. The maximum absolute atomic E-state index is 14.2. The molecule has 5 nitrogen and oxygen atoms in total. The van der Waals surface area contributed by atoms with Gasteiger partial charge in [-0.15, -0.1) is 0 Å². The fourth-order valence-electron chi connectivity index (χ4n) is 5.46. The van der Waals surface area contributed by atoms with Crippen LogP contribution in [0.1, 0.15) is 24.3 Å². The molecule has 8 heteroatoms. The van der Waals surface area contributed by atoms with E-state index in [0.29, 0.717) is 18.5 Å². The van der Waals surface area contributed by atoms with Crippen LogP contribution >= 0.6 is 0 Å². The Labute approximate surface area is 204 Å². The Kier molecular flexibility index (Phi) is 6.72. The molecule has 3 aromatic rings. The topological polar surface area (TPSA) is 60.9 Å². The highest BCUT2D eigenvalue weighted by Gasteiger charge is 2.50. The molecule has 0 saturated carbocycles. The van der Waals surface area contributed by atoms with Crippen molar-refractivity contribution >= 4 is 10.0 Å². The van der Waals surface area contributed by atoms with Gasteiger partial charge in [0.15, 0.2) is 0 Å². The molecule has 2 fully saturated rings. The lowest BCUT2D eigenvalue weighted by Crippen LogP contribution is -2.67. The second kappa shape index (κ2) is 9.78. The first-order valence-corrected chi connectivity index (χ1v) is 13.3. The molecule has 1 N–H and O–H groups in total. The molecule has 0 radical (unpaired) electrons. The molecule has 2 aliphatic rings. The number of halogens is 2. The number of nitrogens with zero attached hydrogens (tertiary/aromatic N) is 2. The van der Waals surface area contributed by atoms with Crippen molar-refractivity contribution in [1.82, 2.24) is 9.21 Å². The van der Waals surface area contributed by atoms with E-state index < -0.39 is 15.8 Å². The largest absolute Gasteiger partial charge is 0.395 e. The minimum Gasteiger partial charge on any atom is -0.395 e. The molecular formula is C27H28F2N2O3S. The minimum absolute atomic E-state index is 0.0268. The third-order valence-corrected chi connectivity index (χ3v) is 9.14. The number of benzene rings is 3. The van der Waals surface area contributed by atoms with Crippen LogP contribution < -0.4 is 0 Å². The van der Waals surface area contributed by atoms with Crippen molar-refractivity contribution in [2.75, 3.05) is 26.2 Å². The highest BCUT2D eigenvalue weighted by atomic mass is 32.2. The fraction of sp³-hybridized carbons (Fsp3) is 0.333. The van der Waals surface area contributed by atoms with Gasteiger partial charge in [-0.1, -0.05) is 42.5 Å². The highest BCUT2D eigenvalue weighted by molar-refractivity contribution is 7.89. The molecule has 2 aliphatic heterocycles. The first kappa shape index (κ1) is 24.1. The van der Waals surface area contributed by atoms with E-state index in [1.165, 1.54) is 22.5 Å². The van der Waals surface area contributed by atoms with Crippen LogP contribution in [0.2, 0.25) is 0 Å². The molecule has 0 aromatic heterocycles. The van der Waals surface area contributed by atoms with Crippen molar-refractivity contribution in [2.24, 2.45) is 0 Å².